The van der Waals surface area contributed by atoms with Gasteiger partial charge in [-0.1, -0.05) is 0 Å². The molecule has 0 aromatic heterocycles. The molecule has 88 valence electrons. The minimum absolute atomic E-state index is 0.0109. The lowest BCUT2D eigenvalue weighted by Crippen LogP contribution is -2.54. The number of methoxy groups -OCH3 is 1. The van der Waals surface area contributed by atoms with Crippen LogP contribution in [-0.4, -0.2) is 58.3 Å². The molecule has 1 fully saturated rings. The molecule has 0 radical (unpaired) electrons. The van der Waals surface area contributed by atoms with Gasteiger partial charge in [0.15, 0.2) is 0 Å². The van der Waals surface area contributed by atoms with E-state index in [-0.39, 0.29) is 17.8 Å². The van der Waals surface area contributed by atoms with Crippen molar-refractivity contribution in [3.63, 3.8) is 0 Å². The molecular weight excluding hydrogens is 220 g/mol. The van der Waals surface area contributed by atoms with Crippen LogP contribution in [0, 0.1) is 0 Å². The molecule has 1 N–H and O–H groups in total. The first-order chi connectivity index (χ1) is 7.00. The average molecular weight is 236 g/mol. The van der Waals surface area contributed by atoms with Crippen molar-refractivity contribution in [3.8, 4) is 0 Å². The summed E-state index contributed by atoms with van der Waals surface area (Å²) in [5.41, 5.74) is 0. The van der Waals surface area contributed by atoms with E-state index in [1.807, 2.05) is 0 Å². The molecule has 1 aliphatic rings. The number of carbonyl (C=O) groups excluding carboxylic acids is 1. The van der Waals surface area contributed by atoms with Gasteiger partial charge in [0.25, 0.3) is 0 Å². The van der Waals surface area contributed by atoms with Gasteiger partial charge in [0.1, 0.15) is 6.04 Å². The zero-order chi connectivity index (χ0) is 11.5. The highest BCUT2D eigenvalue weighted by Gasteiger charge is 2.35. The van der Waals surface area contributed by atoms with E-state index in [4.69, 9.17) is 0 Å². The van der Waals surface area contributed by atoms with Crippen molar-refractivity contribution in [2.75, 3.05) is 33.0 Å². The van der Waals surface area contributed by atoms with Gasteiger partial charge in [-0.05, 0) is 13.5 Å². The Morgan fingerprint density at radius 2 is 2.27 bits per heavy atom. The van der Waals surface area contributed by atoms with Crippen LogP contribution in [0.25, 0.3) is 0 Å². The fourth-order valence-electron chi connectivity index (χ4n) is 1.45. The number of sulfonamides is 1. The van der Waals surface area contributed by atoms with E-state index in [1.165, 1.54) is 14.2 Å². The smallest absolute Gasteiger partial charge is 0.323 e. The molecule has 15 heavy (non-hydrogen) atoms. The van der Waals surface area contributed by atoms with Crippen LogP contribution in [0.1, 0.15) is 6.42 Å². The first-order valence-corrected chi connectivity index (χ1v) is 6.38. The number of rotatable bonds is 5. The lowest BCUT2D eigenvalue weighted by molar-refractivity contribution is -0.151. The van der Waals surface area contributed by atoms with Gasteiger partial charge in [-0.25, -0.2) is 13.1 Å². The normalized spacial score (nSPS) is 22.1. The molecular formula is C8H16N2O4S. The highest BCUT2D eigenvalue weighted by Crippen LogP contribution is 2.17. The first kappa shape index (κ1) is 12.4. The highest BCUT2D eigenvalue weighted by molar-refractivity contribution is 7.89. The number of hydrogen-bond donors (Lipinski definition) is 1. The van der Waals surface area contributed by atoms with Crippen LogP contribution in [0.3, 0.4) is 0 Å². The van der Waals surface area contributed by atoms with Crippen molar-refractivity contribution in [1.29, 1.82) is 0 Å². The van der Waals surface area contributed by atoms with Crippen molar-refractivity contribution < 1.29 is 17.9 Å². The summed E-state index contributed by atoms with van der Waals surface area (Å²) >= 11 is 0. The van der Waals surface area contributed by atoms with Crippen molar-refractivity contribution >= 4 is 16.0 Å². The molecule has 1 rings (SSSR count). The van der Waals surface area contributed by atoms with Crippen LogP contribution in [0.15, 0.2) is 0 Å². The second kappa shape index (κ2) is 4.91. The summed E-state index contributed by atoms with van der Waals surface area (Å²) in [6, 6.07) is -0.262. The molecule has 0 bridgehead atoms. The first-order valence-electron chi connectivity index (χ1n) is 4.73. The van der Waals surface area contributed by atoms with Gasteiger partial charge in [-0.3, -0.25) is 9.69 Å². The molecule has 0 aromatic rings. The van der Waals surface area contributed by atoms with Crippen LogP contribution in [-0.2, 0) is 19.6 Å². The third kappa shape index (κ3) is 3.15. The van der Waals surface area contributed by atoms with Gasteiger partial charge in [0, 0.05) is 13.1 Å². The van der Waals surface area contributed by atoms with E-state index in [2.05, 4.69) is 9.46 Å². The van der Waals surface area contributed by atoms with E-state index in [0.29, 0.717) is 6.54 Å². The Morgan fingerprint density at radius 1 is 1.60 bits per heavy atom. The van der Waals surface area contributed by atoms with Crippen LogP contribution in [0.4, 0.5) is 0 Å². The Morgan fingerprint density at radius 3 is 2.67 bits per heavy atom. The molecule has 1 saturated heterocycles. The molecule has 7 heteroatoms. The van der Waals surface area contributed by atoms with E-state index >= 15 is 0 Å². The van der Waals surface area contributed by atoms with Gasteiger partial charge in [-0.15, -0.1) is 0 Å². The molecule has 0 amide bonds. The minimum atomic E-state index is -3.19. The Bertz CT molecular complexity index is 328. The summed E-state index contributed by atoms with van der Waals surface area (Å²) in [6.07, 6.45) is 0.742. The molecule has 1 heterocycles. The fourth-order valence-corrected chi connectivity index (χ4v) is 2.13. The van der Waals surface area contributed by atoms with Crippen LogP contribution < -0.4 is 4.72 Å². The fraction of sp³-hybridized carbons (Fsp3) is 0.875. The summed E-state index contributed by atoms with van der Waals surface area (Å²) < 4.78 is 29.1. The Balaban J connectivity index is 2.38. The largest absolute Gasteiger partial charge is 0.468 e. The summed E-state index contributed by atoms with van der Waals surface area (Å²) in [6.45, 7) is 1.11. The van der Waals surface area contributed by atoms with Gasteiger partial charge < -0.3 is 4.74 Å². The highest BCUT2D eigenvalue weighted by atomic mass is 32.2. The van der Waals surface area contributed by atoms with E-state index in [1.54, 1.807) is 4.90 Å². The Kier molecular flexibility index (Phi) is 4.06. The number of nitrogens with one attached hydrogen (secondary N) is 1. The molecule has 6 nitrogen and oxygen atoms in total. The third-order valence-electron chi connectivity index (χ3n) is 2.56. The van der Waals surface area contributed by atoms with Crippen molar-refractivity contribution in [3.05, 3.63) is 0 Å². The number of ether oxygens (including phenoxy) is 1. The van der Waals surface area contributed by atoms with Crippen molar-refractivity contribution in [1.82, 2.24) is 9.62 Å². The van der Waals surface area contributed by atoms with Crippen LogP contribution in [0.5, 0.6) is 0 Å². The summed E-state index contributed by atoms with van der Waals surface area (Å²) in [5, 5.41) is 0. The second-order valence-electron chi connectivity index (χ2n) is 3.39. The zero-order valence-corrected chi connectivity index (χ0v) is 9.71. The lowest BCUT2D eigenvalue weighted by Gasteiger charge is -2.38. The van der Waals surface area contributed by atoms with E-state index in [9.17, 15) is 13.2 Å². The number of carbonyl (C=O) groups is 1. The van der Waals surface area contributed by atoms with Crippen LogP contribution in [0.2, 0.25) is 0 Å². The average Bonchev–Trinajstić information content (AvgIpc) is 2.16. The van der Waals surface area contributed by atoms with Crippen molar-refractivity contribution in [2.45, 2.75) is 12.5 Å². The van der Waals surface area contributed by atoms with Gasteiger partial charge in [0.2, 0.25) is 10.0 Å². The standard InChI is InChI=1S/C8H16N2O4S/c1-9-15(12,13)6-5-10-4-3-7(10)8(11)14-2/h7,9H,3-6H2,1-2H3. The molecule has 0 saturated carbocycles. The number of nitrogens with zero attached hydrogens (tertiary/aromatic N) is 1. The lowest BCUT2D eigenvalue weighted by atomic mass is 10.0. The second-order valence-corrected chi connectivity index (χ2v) is 5.43. The van der Waals surface area contributed by atoms with Crippen LogP contribution >= 0.6 is 0 Å². The topological polar surface area (TPSA) is 75.7 Å². The van der Waals surface area contributed by atoms with E-state index < -0.39 is 10.0 Å². The Hall–Kier alpha value is -0.660. The molecule has 0 aromatic carbocycles. The monoisotopic (exact) mass is 236 g/mol. The maximum Gasteiger partial charge on any atom is 0.323 e. The summed E-state index contributed by atoms with van der Waals surface area (Å²) in [5.74, 6) is -0.278. The Labute approximate surface area is 89.6 Å². The number of hydrogen-bond acceptors (Lipinski definition) is 5. The SMILES string of the molecule is CNS(=O)(=O)CCN1CCC1C(=O)OC. The predicted molar refractivity (Wildman–Crippen MR) is 54.8 cm³/mol. The maximum atomic E-state index is 11.2. The molecule has 1 aliphatic heterocycles. The quantitative estimate of drug-likeness (QED) is 0.606. The molecule has 1 atom stereocenters. The number of esters is 1. The number of likely N-dealkylation sites (tertiary alicyclic amines) is 1. The predicted octanol–water partition coefficient (Wildman–Crippen LogP) is -1.22. The third-order valence-corrected chi connectivity index (χ3v) is 3.90. The van der Waals surface area contributed by atoms with Gasteiger partial charge in [-0.2, -0.15) is 0 Å². The molecule has 0 aliphatic carbocycles. The molecule has 1 unspecified atom stereocenters. The summed E-state index contributed by atoms with van der Waals surface area (Å²) in [4.78, 5) is 13.0. The van der Waals surface area contributed by atoms with Gasteiger partial charge in [0.05, 0.1) is 12.9 Å². The van der Waals surface area contributed by atoms with Gasteiger partial charge >= 0.3 is 5.97 Å². The molecule has 0 spiro atoms. The van der Waals surface area contributed by atoms with E-state index in [0.717, 1.165) is 13.0 Å². The maximum absolute atomic E-state index is 11.2. The minimum Gasteiger partial charge on any atom is -0.468 e. The van der Waals surface area contributed by atoms with Crippen molar-refractivity contribution in [2.24, 2.45) is 0 Å². The summed E-state index contributed by atoms with van der Waals surface area (Å²) in [7, 11) is -0.476. The zero-order valence-electron chi connectivity index (χ0n) is 8.89.